The fourth-order valence-corrected chi connectivity index (χ4v) is 4.63. The van der Waals surface area contributed by atoms with Crippen molar-refractivity contribution in [1.29, 1.82) is 0 Å². The van der Waals surface area contributed by atoms with Crippen LogP contribution in [0.5, 0.6) is 0 Å². The highest BCUT2D eigenvalue weighted by molar-refractivity contribution is 6.30. The molecular formula is C30H36ClFN4O6. The van der Waals surface area contributed by atoms with Gasteiger partial charge < -0.3 is 24.8 Å². The number of pyridine rings is 1. The first kappa shape index (κ1) is 31.2. The molecule has 42 heavy (non-hydrogen) atoms. The minimum atomic E-state index is -0.878. The quantitative estimate of drug-likeness (QED) is 0.426. The van der Waals surface area contributed by atoms with Gasteiger partial charge in [-0.3, -0.25) is 4.79 Å². The van der Waals surface area contributed by atoms with Crippen LogP contribution in [0.4, 0.5) is 19.8 Å². The third-order valence-corrected chi connectivity index (χ3v) is 6.59. The van der Waals surface area contributed by atoms with Crippen LogP contribution in [0.1, 0.15) is 75.1 Å². The Morgan fingerprint density at radius 3 is 2.38 bits per heavy atom. The number of hydrogen-bond donors (Lipinski definition) is 2. The van der Waals surface area contributed by atoms with Crippen LogP contribution < -0.4 is 10.6 Å². The van der Waals surface area contributed by atoms with Gasteiger partial charge in [0.2, 0.25) is 0 Å². The molecule has 10 nitrogen and oxygen atoms in total. The number of benzene rings is 1. The summed E-state index contributed by atoms with van der Waals surface area (Å²) in [4.78, 5) is 44.1. The minimum absolute atomic E-state index is 0.0165. The molecule has 226 valence electrons. The molecule has 0 radical (unpaired) electrons. The molecule has 1 aromatic heterocycles. The molecule has 4 rings (SSSR count). The van der Waals surface area contributed by atoms with Crippen LogP contribution in [0.2, 0.25) is 5.02 Å². The van der Waals surface area contributed by atoms with Crippen molar-refractivity contribution < 1.29 is 33.0 Å². The van der Waals surface area contributed by atoms with Crippen molar-refractivity contribution in [3.05, 3.63) is 57.5 Å². The average Bonchev–Trinajstić information content (AvgIpc) is 3.23. The van der Waals surface area contributed by atoms with Crippen molar-refractivity contribution in [2.45, 2.75) is 77.8 Å². The number of amides is 3. The van der Waals surface area contributed by atoms with Gasteiger partial charge in [0.25, 0.3) is 5.91 Å². The van der Waals surface area contributed by atoms with Gasteiger partial charge in [0.15, 0.2) is 11.6 Å². The standard InChI is InChI=1S/C30H36ClFN4O6/c1-29(2,3)41-27(38)35-22-16-40-14-13-20(22)33-25-24(32)19-15-36(28(39)42-30(4,5)6)26(37)23(19)21(34-25)12-9-17-7-10-18(31)11-8-17/h7-12,20,22H,13-16H2,1-6H3,(H,33,34)(H,35,38)/t20-,22+/m1/s1. The van der Waals surface area contributed by atoms with Crippen molar-refractivity contribution in [3.63, 3.8) is 0 Å². The molecule has 2 atom stereocenters. The fraction of sp³-hybridized carbons (Fsp3) is 0.467. The first-order valence-corrected chi connectivity index (χ1v) is 14.0. The Hall–Kier alpha value is -3.70. The summed E-state index contributed by atoms with van der Waals surface area (Å²) in [5, 5.41) is 6.46. The second kappa shape index (κ2) is 12.3. The topological polar surface area (TPSA) is 119 Å². The summed E-state index contributed by atoms with van der Waals surface area (Å²) >= 11 is 6.00. The number of anilines is 1. The van der Waals surface area contributed by atoms with Gasteiger partial charge in [-0.1, -0.05) is 29.8 Å². The maximum atomic E-state index is 16.0. The van der Waals surface area contributed by atoms with Gasteiger partial charge in [-0.05, 0) is 71.7 Å². The Labute approximate surface area is 249 Å². The van der Waals surface area contributed by atoms with E-state index in [1.54, 1.807) is 78.0 Å². The third kappa shape index (κ3) is 7.77. The number of alkyl carbamates (subject to hydrolysis) is 1. The van der Waals surface area contributed by atoms with E-state index in [2.05, 4.69) is 15.6 Å². The predicted octanol–water partition coefficient (Wildman–Crippen LogP) is 6.03. The molecule has 2 aliphatic heterocycles. The first-order chi connectivity index (χ1) is 19.6. The Bertz CT molecular complexity index is 1380. The van der Waals surface area contributed by atoms with Crippen LogP contribution in [0.15, 0.2) is 24.3 Å². The number of hydrogen-bond acceptors (Lipinski definition) is 8. The first-order valence-electron chi connectivity index (χ1n) is 13.7. The molecule has 0 aliphatic carbocycles. The summed E-state index contributed by atoms with van der Waals surface area (Å²) < 4.78 is 32.4. The van der Waals surface area contributed by atoms with E-state index >= 15 is 4.39 Å². The zero-order valence-corrected chi connectivity index (χ0v) is 25.3. The van der Waals surface area contributed by atoms with Crippen LogP contribution in [-0.2, 0) is 20.8 Å². The highest BCUT2D eigenvalue weighted by Gasteiger charge is 2.40. The summed E-state index contributed by atoms with van der Waals surface area (Å²) in [6.07, 6.45) is 2.24. The van der Waals surface area contributed by atoms with Gasteiger partial charge in [0, 0.05) is 17.2 Å². The molecule has 2 aliphatic rings. The molecule has 0 spiro atoms. The van der Waals surface area contributed by atoms with Gasteiger partial charge in [-0.2, -0.15) is 0 Å². The Morgan fingerprint density at radius 1 is 1.07 bits per heavy atom. The summed E-state index contributed by atoms with van der Waals surface area (Å²) in [7, 11) is 0. The zero-order valence-electron chi connectivity index (χ0n) is 24.5. The molecule has 1 aromatic carbocycles. The number of fused-ring (bicyclic) bond motifs is 1. The number of nitrogens with zero attached hydrogens (tertiary/aromatic N) is 2. The van der Waals surface area contributed by atoms with Crippen LogP contribution >= 0.6 is 11.6 Å². The lowest BCUT2D eigenvalue weighted by atomic mass is 10.0. The lowest BCUT2D eigenvalue weighted by Crippen LogP contribution is -2.53. The minimum Gasteiger partial charge on any atom is -0.444 e. The lowest BCUT2D eigenvalue weighted by molar-refractivity contribution is 0.0246. The van der Waals surface area contributed by atoms with Crippen molar-refractivity contribution in [2.75, 3.05) is 18.5 Å². The normalized spacial score (nSPS) is 19.0. The van der Waals surface area contributed by atoms with E-state index in [1.807, 2.05) is 0 Å². The lowest BCUT2D eigenvalue weighted by Gasteiger charge is -2.33. The number of nitrogens with one attached hydrogen (secondary N) is 2. The number of ether oxygens (including phenoxy) is 3. The van der Waals surface area contributed by atoms with E-state index in [-0.39, 0.29) is 35.8 Å². The van der Waals surface area contributed by atoms with Gasteiger partial charge in [0.1, 0.15) is 11.2 Å². The third-order valence-electron chi connectivity index (χ3n) is 6.34. The fourth-order valence-electron chi connectivity index (χ4n) is 4.50. The summed E-state index contributed by atoms with van der Waals surface area (Å²) in [6, 6.07) is 6.00. The second-order valence-corrected chi connectivity index (χ2v) is 12.6. The van der Waals surface area contributed by atoms with Crippen molar-refractivity contribution in [3.8, 4) is 0 Å². The zero-order chi connectivity index (χ0) is 30.8. The SMILES string of the molecule is CC(C)(C)OC(=O)N[C@H]1COCC[C@H]1Nc1nc(C=Cc2ccc(Cl)cc2)c2c(c1F)CN(C(=O)OC(C)(C)C)C2=O. The highest BCUT2D eigenvalue weighted by Crippen LogP contribution is 2.34. The largest absolute Gasteiger partial charge is 0.444 e. The molecule has 2 N–H and O–H groups in total. The van der Waals surface area contributed by atoms with Crippen molar-refractivity contribution in [1.82, 2.24) is 15.2 Å². The Balaban J connectivity index is 1.68. The maximum Gasteiger partial charge on any atom is 0.417 e. The van der Waals surface area contributed by atoms with Crippen LogP contribution in [0.3, 0.4) is 0 Å². The molecule has 1 saturated heterocycles. The van der Waals surface area contributed by atoms with Gasteiger partial charge in [0.05, 0.1) is 36.5 Å². The molecule has 3 amide bonds. The molecular weight excluding hydrogens is 567 g/mol. The Kier molecular flexibility index (Phi) is 9.12. The van der Waals surface area contributed by atoms with Gasteiger partial charge in [-0.25, -0.2) is 23.9 Å². The maximum absolute atomic E-state index is 16.0. The van der Waals surface area contributed by atoms with E-state index < -0.39 is 47.2 Å². The second-order valence-electron chi connectivity index (χ2n) is 12.1. The van der Waals surface area contributed by atoms with Crippen molar-refractivity contribution >= 4 is 47.7 Å². The number of imide groups is 1. The van der Waals surface area contributed by atoms with Crippen LogP contribution in [0, 0.1) is 5.82 Å². The highest BCUT2D eigenvalue weighted by atomic mass is 35.5. The van der Waals surface area contributed by atoms with E-state index in [0.717, 1.165) is 10.5 Å². The molecule has 0 saturated carbocycles. The average molecular weight is 603 g/mol. The van der Waals surface area contributed by atoms with Crippen LogP contribution in [0.25, 0.3) is 12.2 Å². The number of carbonyl (C=O) groups excluding carboxylic acids is 3. The predicted molar refractivity (Wildman–Crippen MR) is 157 cm³/mol. The molecule has 12 heteroatoms. The van der Waals surface area contributed by atoms with Gasteiger partial charge >= 0.3 is 12.2 Å². The molecule has 0 unspecified atom stereocenters. The summed E-state index contributed by atoms with van der Waals surface area (Å²) in [6.45, 7) is 10.5. The van der Waals surface area contributed by atoms with E-state index in [1.165, 1.54) is 0 Å². The number of rotatable bonds is 5. The van der Waals surface area contributed by atoms with Gasteiger partial charge in [-0.15, -0.1) is 0 Å². The Morgan fingerprint density at radius 2 is 1.74 bits per heavy atom. The molecule has 1 fully saturated rings. The molecule has 0 bridgehead atoms. The number of aromatic nitrogens is 1. The number of halogens is 2. The number of carbonyl (C=O) groups is 3. The monoisotopic (exact) mass is 602 g/mol. The van der Waals surface area contributed by atoms with E-state index in [0.29, 0.717) is 18.1 Å². The van der Waals surface area contributed by atoms with Crippen LogP contribution in [-0.4, -0.2) is 64.5 Å². The molecule has 2 aromatic rings. The van der Waals surface area contributed by atoms with Crippen molar-refractivity contribution in [2.24, 2.45) is 0 Å². The summed E-state index contributed by atoms with van der Waals surface area (Å²) in [5.74, 6) is -1.59. The molecule has 3 heterocycles. The van der Waals surface area contributed by atoms with E-state index in [4.69, 9.17) is 25.8 Å². The summed E-state index contributed by atoms with van der Waals surface area (Å²) in [5.41, 5.74) is -0.620. The van der Waals surface area contributed by atoms with E-state index in [9.17, 15) is 14.4 Å². The smallest absolute Gasteiger partial charge is 0.417 e.